The quantitative estimate of drug-likeness (QED) is 0.750. The predicted octanol–water partition coefficient (Wildman–Crippen LogP) is 3.83. The van der Waals surface area contributed by atoms with Crippen LogP contribution in [0.2, 0.25) is 0 Å². The minimum Gasteiger partial charge on any atom is -0.508 e. The number of carbonyl (C=O) groups excluding carboxylic acids is 1. The molecule has 2 aromatic carbocycles. The summed E-state index contributed by atoms with van der Waals surface area (Å²) >= 11 is 0. The number of rotatable bonds is 3. The van der Waals surface area contributed by atoms with Gasteiger partial charge in [-0.15, -0.1) is 0 Å². The molecule has 1 aliphatic heterocycles. The van der Waals surface area contributed by atoms with E-state index in [0.717, 1.165) is 18.2 Å². The molecule has 1 heterocycles. The topological polar surface area (TPSA) is 70.9 Å². The summed E-state index contributed by atoms with van der Waals surface area (Å²) in [5, 5.41) is 11.7. The number of aliphatic imine (C=N–C) groups is 1. The van der Waals surface area contributed by atoms with E-state index < -0.39 is 60.0 Å². The molecular weight excluding hydrogens is 399 g/mol. The Labute approximate surface area is 161 Å². The lowest BCUT2D eigenvalue weighted by Crippen LogP contribution is -2.50. The van der Waals surface area contributed by atoms with Crippen LogP contribution >= 0.6 is 0 Å². The number of benzene rings is 2. The first kappa shape index (κ1) is 20.6. The number of alkyl halides is 4. The van der Waals surface area contributed by atoms with E-state index in [9.17, 15) is 31.9 Å². The fourth-order valence-electron chi connectivity index (χ4n) is 2.94. The number of hydrogen-bond donors (Lipinski definition) is 2. The van der Waals surface area contributed by atoms with E-state index in [-0.39, 0.29) is 5.56 Å². The Morgan fingerprint density at radius 3 is 2.55 bits per heavy atom. The fraction of sp³-hybridized carbons (Fsp3) is 0.263. The molecule has 0 radical (unpaired) electrons. The highest BCUT2D eigenvalue weighted by atomic mass is 19.4. The molecule has 0 aromatic heterocycles. The Kier molecular flexibility index (Phi) is 5.45. The number of phenolic OH excluding ortho intramolecular Hbond substituents is 1. The summed E-state index contributed by atoms with van der Waals surface area (Å²) in [6, 6.07) is 9.15. The zero-order chi connectivity index (χ0) is 21.2. The summed E-state index contributed by atoms with van der Waals surface area (Å²) in [7, 11) is 0. The number of aromatic hydroxyl groups is 1. The van der Waals surface area contributed by atoms with Crippen molar-refractivity contribution in [2.75, 3.05) is 6.67 Å². The fourth-order valence-corrected chi connectivity index (χ4v) is 2.94. The molecule has 0 spiro atoms. The normalized spacial score (nSPS) is 21.8. The number of ether oxygens (including phenoxy) is 1. The van der Waals surface area contributed by atoms with Gasteiger partial charge in [0.2, 0.25) is 0 Å². The standard InChI is InChI=1S/C19H15F5N2O3/c20-10-18(13-8-12(27)6-7-14(13)21)9-15(19(22,23)24)29-17(26-18)25-16(28)11-4-2-1-3-5-11/h1-8,15,27H,9-10H2,(H,25,26,28)/t15-,18+/m0/s1. The maximum Gasteiger partial charge on any atom is 0.425 e. The number of nitrogens with one attached hydrogen (secondary N) is 1. The first-order valence-corrected chi connectivity index (χ1v) is 8.39. The Morgan fingerprint density at radius 2 is 1.93 bits per heavy atom. The molecule has 2 aromatic rings. The van der Waals surface area contributed by atoms with Gasteiger partial charge >= 0.3 is 6.18 Å². The van der Waals surface area contributed by atoms with Crippen LogP contribution in [0.15, 0.2) is 53.5 Å². The van der Waals surface area contributed by atoms with Crippen molar-refractivity contribution in [3.63, 3.8) is 0 Å². The molecule has 0 unspecified atom stereocenters. The van der Waals surface area contributed by atoms with Gasteiger partial charge in [-0.25, -0.2) is 13.8 Å². The molecular formula is C19H15F5N2O3. The third-order valence-corrected chi connectivity index (χ3v) is 4.39. The molecule has 10 heteroatoms. The van der Waals surface area contributed by atoms with Gasteiger partial charge < -0.3 is 9.84 Å². The van der Waals surface area contributed by atoms with Crippen LogP contribution in [0.5, 0.6) is 5.75 Å². The smallest absolute Gasteiger partial charge is 0.425 e. The zero-order valence-electron chi connectivity index (χ0n) is 14.7. The summed E-state index contributed by atoms with van der Waals surface area (Å²) in [6.07, 6.45) is -8.56. The van der Waals surface area contributed by atoms with Crippen LogP contribution < -0.4 is 5.32 Å². The van der Waals surface area contributed by atoms with E-state index in [2.05, 4.69) is 10.3 Å². The highest BCUT2D eigenvalue weighted by molar-refractivity contribution is 6.04. The van der Waals surface area contributed by atoms with Crippen molar-refractivity contribution in [2.24, 2.45) is 4.99 Å². The molecule has 0 aliphatic carbocycles. The van der Waals surface area contributed by atoms with Gasteiger partial charge in [0, 0.05) is 17.5 Å². The van der Waals surface area contributed by atoms with Crippen LogP contribution in [0.1, 0.15) is 22.3 Å². The molecule has 1 amide bonds. The highest BCUT2D eigenvalue weighted by Crippen LogP contribution is 2.42. The van der Waals surface area contributed by atoms with Gasteiger partial charge in [-0.1, -0.05) is 18.2 Å². The van der Waals surface area contributed by atoms with E-state index in [1.165, 1.54) is 24.3 Å². The number of amidine groups is 1. The van der Waals surface area contributed by atoms with Crippen LogP contribution in [0.3, 0.4) is 0 Å². The van der Waals surface area contributed by atoms with Crippen molar-refractivity contribution in [3.8, 4) is 5.75 Å². The highest BCUT2D eigenvalue weighted by Gasteiger charge is 2.52. The van der Waals surface area contributed by atoms with Crippen LogP contribution in [0.4, 0.5) is 22.0 Å². The maximum atomic E-state index is 14.3. The summed E-state index contributed by atoms with van der Waals surface area (Å²) in [4.78, 5) is 16.0. The second kappa shape index (κ2) is 7.69. The number of nitrogens with zero attached hydrogens (tertiary/aromatic N) is 1. The molecule has 0 saturated heterocycles. The molecule has 0 fully saturated rings. The second-order valence-corrected chi connectivity index (χ2v) is 6.42. The predicted molar refractivity (Wildman–Crippen MR) is 92.6 cm³/mol. The van der Waals surface area contributed by atoms with E-state index in [4.69, 9.17) is 4.74 Å². The van der Waals surface area contributed by atoms with E-state index >= 15 is 0 Å². The minimum absolute atomic E-state index is 0.0994. The molecule has 154 valence electrons. The van der Waals surface area contributed by atoms with E-state index in [0.29, 0.717) is 0 Å². The van der Waals surface area contributed by atoms with Gasteiger partial charge in [0.25, 0.3) is 11.9 Å². The first-order valence-electron chi connectivity index (χ1n) is 8.39. The van der Waals surface area contributed by atoms with Crippen molar-refractivity contribution >= 4 is 11.9 Å². The third-order valence-electron chi connectivity index (χ3n) is 4.39. The molecule has 1 aliphatic rings. The summed E-state index contributed by atoms with van der Waals surface area (Å²) in [5.74, 6) is -2.37. The van der Waals surface area contributed by atoms with E-state index in [1.807, 2.05) is 0 Å². The maximum absolute atomic E-state index is 14.3. The Bertz CT molecular complexity index is 933. The lowest BCUT2D eigenvalue weighted by Gasteiger charge is -2.37. The molecule has 3 rings (SSSR count). The summed E-state index contributed by atoms with van der Waals surface area (Å²) < 4.78 is 73.3. The Balaban J connectivity index is 2.05. The number of phenols is 1. The van der Waals surface area contributed by atoms with Crippen LogP contribution in [0.25, 0.3) is 0 Å². The van der Waals surface area contributed by atoms with E-state index in [1.54, 1.807) is 6.07 Å². The van der Waals surface area contributed by atoms with Gasteiger partial charge in [-0.05, 0) is 30.3 Å². The lowest BCUT2D eigenvalue weighted by molar-refractivity contribution is -0.209. The van der Waals surface area contributed by atoms with Crippen LogP contribution in [0, 0.1) is 5.82 Å². The first-order chi connectivity index (χ1) is 13.6. The summed E-state index contributed by atoms with van der Waals surface area (Å²) in [5.41, 5.74) is -2.83. The van der Waals surface area contributed by atoms with Crippen molar-refractivity contribution in [2.45, 2.75) is 24.2 Å². The Morgan fingerprint density at radius 1 is 1.24 bits per heavy atom. The molecule has 5 nitrogen and oxygen atoms in total. The zero-order valence-corrected chi connectivity index (χ0v) is 14.7. The van der Waals surface area contributed by atoms with Crippen molar-refractivity contribution < 1.29 is 36.6 Å². The molecule has 29 heavy (non-hydrogen) atoms. The third kappa shape index (κ3) is 4.30. The van der Waals surface area contributed by atoms with Crippen LogP contribution in [-0.2, 0) is 10.3 Å². The monoisotopic (exact) mass is 414 g/mol. The number of carbonyl (C=O) groups is 1. The average Bonchev–Trinajstić information content (AvgIpc) is 2.69. The number of halogens is 5. The van der Waals surface area contributed by atoms with Gasteiger partial charge in [0.1, 0.15) is 23.8 Å². The van der Waals surface area contributed by atoms with Gasteiger partial charge in [0.05, 0.1) is 0 Å². The van der Waals surface area contributed by atoms with Crippen molar-refractivity contribution in [1.29, 1.82) is 0 Å². The summed E-state index contributed by atoms with van der Waals surface area (Å²) in [6.45, 7) is -1.52. The SMILES string of the molecule is O=C(NC1=N[C@](CF)(c2cc(O)ccc2F)C[C@@H](C(F)(F)F)O1)c1ccccc1. The number of amides is 1. The molecule has 0 bridgehead atoms. The largest absolute Gasteiger partial charge is 0.508 e. The van der Waals surface area contributed by atoms with Crippen LogP contribution in [-0.4, -0.2) is 36.0 Å². The van der Waals surface area contributed by atoms with Crippen molar-refractivity contribution in [1.82, 2.24) is 5.32 Å². The Hall–Kier alpha value is -3.17. The minimum atomic E-state index is -4.94. The van der Waals surface area contributed by atoms with Gasteiger partial charge in [-0.3, -0.25) is 10.1 Å². The van der Waals surface area contributed by atoms with Gasteiger partial charge in [-0.2, -0.15) is 13.2 Å². The molecule has 0 saturated carbocycles. The molecule has 2 N–H and O–H groups in total. The van der Waals surface area contributed by atoms with Gasteiger partial charge in [0.15, 0.2) is 6.10 Å². The lowest BCUT2D eigenvalue weighted by atomic mass is 9.84. The second-order valence-electron chi connectivity index (χ2n) is 6.42. The number of hydrogen-bond acceptors (Lipinski definition) is 4. The molecule has 2 atom stereocenters. The average molecular weight is 414 g/mol. The van der Waals surface area contributed by atoms with Crippen molar-refractivity contribution in [3.05, 3.63) is 65.5 Å².